The molecule has 23 heavy (non-hydrogen) atoms. The van der Waals surface area contributed by atoms with E-state index in [1.165, 1.54) is 19.1 Å². The smallest absolute Gasteiger partial charge is 0.355 e. The number of alkyl halides is 2. The van der Waals surface area contributed by atoms with Crippen molar-refractivity contribution in [1.29, 1.82) is 0 Å². The first-order valence-corrected chi connectivity index (χ1v) is 7.21. The van der Waals surface area contributed by atoms with E-state index in [-0.39, 0.29) is 39.0 Å². The first-order chi connectivity index (χ1) is 10.7. The van der Waals surface area contributed by atoms with Crippen LogP contribution in [0.1, 0.15) is 24.4 Å². The van der Waals surface area contributed by atoms with Gasteiger partial charge in [0.25, 0.3) is 0 Å². The Balaban J connectivity index is 2.56. The molecule has 0 radical (unpaired) electrons. The lowest BCUT2D eigenvalue weighted by molar-refractivity contribution is -0.117. The van der Waals surface area contributed by atoms with Crippen LogP contribution in [0.2, 0.25) is 10.0 Å². The zero-order valence-electron chi connectivity index (χ0n) is 11.9. The van der Waals surface area contributed by atoms with E-state index in [4.69, 9.17) is 28.9 Å². The minimum absolute atomic E-state index is 0.0419. The minimum atomic E-state index is -3.02. The van der Waals surface area contributed by atoms with Crippen molar-refractivity contribution in [2.75, 3.05) is 0 Å². The van der Waals surface area contributed by atoms with Gasteiger partial charge in [-0.25, -0.2) is 9.36 Å². The molecule has 0 atom stereocenters. The molecular formula is C13H12Cl2F2N4O2. The molecule has 1 heterocycles. The highest BCUT2D eigenvalue weighted by atomic mass is 35.5. The van der Waals surface area contributed by atoms with Gasteiger partial charge in [0.2, 0.25) is 5.91 Å². The summed E-state index contributed by atoms with van der Waals surface area (Å²) in [4.78, 5) is 22.9. The normalized spacial score (nSPS) is 11.2. The predicted octanol–water partition coefficient (Wildman–Crippen LogP) is 2.46. The number of hydrogen-bond donors (Lipinski definition) is 1. The third-order valence-electron chi connectivity index (χ3n) is 3.16. The number of aryl methyl sites for hydroxylation is 2. The van der Waals surface area contributed by atoms with E-state index < -0.39 is 18.1 Å². The molecule has 0 bridgehead atoms. The standard InChI is InChI=1S/C13H12Cl2F2N4O2/c1-6-19-21(13(23)20(6)12(16)17)10-4-7(2-3-11(18)22)8(14)5-9(10)15/h4-5,12H,2-3H2,1H3,(H2,18,22). The summed E-state index contributed by atoms with van der Waals surface area (Å²) in [5.74, 6) is -0.678. The quantitative estimate of drug-likeness (QED) is 0.884. The number of hydrogen-bond acceptors (Lipinski definition) is 3. The Morgan fingerprint density at radius 2 is 2.00 bits per heavy atom. The topological polar surface area (TPSA) is 82.9 Å². The molecule has 0 spiro atoms. The number of carbonyl (C=O) groups excluding carboxylic acids is 1. The van der Waals surface area contributed by atoms with Crippen LogP contribution < -0.4 is 11.4 Å². The first kappa shape index (κ1) is 17.4. The molecule has 0 aliphatic rings. The predicted molar refractivity (Wildman–Crippen MR) is 81.3 cm³/mol. The second-order valence-corrected chi connectivity index (χ2v) is 5.56. The van der Waals surface area contributed by atoms with Gasteiger partial charge in [-0.1, -0.05) is 23.2 Å². The number of aromatic nitrogens is 3. The number of benzene rings is 1. The van der Waals surface area contributed by atoms with Gasteiger partial charge >= 0.3 is 12.2 Å². The molecule has 0 fully saturated rings. The molecule has 2 aromatic rings. The lowest BCUT2D eigenvalue weighted by Crippen LogP contribution is -2.25. The summed E-state index contributed by atoms with van der Waals surface area (Å²) < 4.78 is 26.8. The van der Waals surface area contributed by atoms with E-state index in [0.717, 1.165) is 4.68 Å². The van der Waals surface area contributed by atoms with Crippen molar-refractivity contribution in [2.24, 2.45) is 5.73 Å². The lowest BCUT2D eigenvalue weighted by atomic mass is 10.1. The molecular weight excluding hydrogens is 353 g/mol. The van der Waals surface area contributed by atoms with Crippen molar-refractivity contribution in [3.8, 4) is 5.69 Å². The minimum Gasteiger partial charge on any atom is -0.370 e. The molecule has 1 aromatic heterocycles. The maximum absolute atomic E-state index is 12.9. The van der Waals surface area contributed by atoms with Crippen molar-refractivity contribution >= 4 is 29.1 Å². The molecule has 1 aromatic carbocycles. The maximum Gasteiger partial charge on any atom is 0.355 e. The van der Waals surface area contributed by atoms with E-state index in [0.29, 0.717) is 5.56 Å². The maximum atomic E-state index is 12.9. The van der Waals surface area contributed by atoms with Crippen LogP contribution in [0.25, 0.3) is 5.69 Å². The van der Waals surface area contributed by atoms with Gasteiger partial charge < -0.3 is 5.73 Å². The number of amides is 1. The summed E-state index contributed by atoms with van der Waals surface area (Å²) >= 11 is 12.1. The fraction of sp³-hybridized carbons (Fsp3) is 0.308. The Bertz CT molecular complexity index is 817. The highest BCUT2D eigenvalue weighted by Gasteiger charge is 2.20. The number of carbonyl (C=O) groups is 1. The Hall–Kier alpha value is -1.93. The molecule has 1 amide bonds. The number of nitrogens with zero attached hydrogens (tertiary/aromatic N) is 3. The summed E-state index contributed by atoms with van der Waals surface area (Å²) in [6, 6.07) is 2.79. The number of rotatable bonds is 5. The van der Waals surface area contributed by atoms with Crippen molar-refractivity contribution in [1.82, 2.24) is 14.3 Å². The van der Waals surface area contributed by atoms with Gasteiger partial charge in [0.1, 0.15) is 5.82 Å². The third kappa shape index (κ3) is 3.53. The lowest BCUT2D eigenvalue weighted by Gasteiger charge is -2.09. The SMILES string of the molecule is Cc1nn(-c2cc(CCC(N)=O)c(Cl)cc2Cl)c(=O)n1C(F)F. The van der Waals surface area contributed by atoms with Gasteiger partial charge in [-0.05, 0) is 31.0 Å². The highest BCUT2D eigenvalue weighted by Crippen LogP contribution is 2.28. The fourth-order valence-corrected chi connectivity index (χ4v) is 2.61. The van der Waals surface area contributed by atoms with Crippen LogP contribution in [0.5, 0.6) is 0 Å². The Kier molecular flexibility index (Phi) is 5.06. The van der Waals surface area contributed by atoms with Crippen LogP contribution in [0.4, 0.5) is 8.78 Å². The van der Waals surface area contributed by atoms with E-state index in [1.54, 1.807) is 0 Å². The van der Waals surface area contributed by atoms with Crippen molar-refractivity contribution in [3.05, 3.63) is 44.1 Å². The van der Waals surface area contributed by atoms with E-state index >= 15 is 0 Å². The van der Waals surface area contributed by atoms with Gasteiger partial charge in [-0.15, -0.1) is 5.10 Å². The molecule has 0 aliphatic heterocycles. The molecule has 124 valence electrons. The largest absolute Gasteiger partial charge is 0.370 e. The van der Waals surface area contributed by atoms with Gasteiger partial charge in [0.15, 0.2) is 0 Å². The second kappa shape index (κ2) is 6.67. The Labute approximate surface area is 139 Å². The van der Waals surface area contributed by atoms with Gasteiger partial charge in [-0.3, -0.25) is 4.79 Å². The molecule has 0 saturated carbocycles. The van der Waals surface area contributed by atoms with E-state index in [1.807, 2.05) is 0 Å². The zero-order chi connectivity index (χ0) is 17.3. The Morgan fingerprint density at radius 1 is 1.35 bits per heavy atom. The average molecular weight is 365 g/mol. The third-order valence-corrected chi connectivity index (χ3v) is 3.82. The van der Waals surface area contributed by atoms with E-state index in [2.05, 4.69) is 5.10 Å². The summed E-state index contributed by atoms with van der Waals surface area (Å²) in [6.45, 7) is -1.74. The van der Waals surface area contributed by atoms with Crippen LogP contribution in [-0.4, -0.2) is 20.3 Å². The molecule has 10 heteroatoms. The zero-order valence-corrected chi connectivity index (χ0v) is 13.4. The van der Waals surface area contributed by atoms with Crippen molar-refractivity contribution < 1.29 is 13.6 Å². The Morgan fingerprint density at radius 3 is 2.52 bits per heavy atom. The molecule has 2 N–H and O–H groups in total. The first-order valence-electron chi connectivity index (χ1n) is 6.45. The number of halogens is 4. The average Bonchev–Trinajstić information content (AvgIpc) is 2.72. The van der Waals surface area contributed by atoms with Crippen molar-refractivity contribution in [2.45, 2.75) is 26.3 Å². The summed E-state index contributed by atoms with van der Waals surface area (Å²) in [5.41, 5.74) is 4.66. The monoisotopic (exact) mass is 364 g/mol. The van der Waals surface area contributed by atoms with Crippen molar-refractivity contribution in [3.63, 3.8) is 0 Å². The molecule has 0 aliphatic carbocycles. The molecule has 6 nitrogen and oxygen atoms in total. The van der Waals surface area contributed by atoms with Gasteiger partial charge in [-0.2, -0.15) is 13.5 Å². The number of primary amides is 1. The van der Waals surface area contributed by atoms with Crippen LogP contribution in [-0.2, 0) is 11.2 Å². The van der Waals surface area contributed by atoms with E-state index in [9.17, 15) is 18.4 Å². The van der Waals surface area contributed by atoms with Gasteiger partial charge in [0.05, 0.1) is 10.7 Å². The number of nitrogens with two attached hydrogens (primary N) is 1. The molecule has 2 rings (SSSR count). The fourth-order valence-electron chi connectivity index (χ4n) is 2.05. The molecule has 0 unspecified atom stereocenters. The van der Waals surface area contributed by atoms with Crippen LogP contribution in [0.15, 0.2) is 16.9 Å². The second-order valence-electron chi connectivity index (χ2n) is 4.75. The highest BCUT2D eigenvalue weighted by molar-refractivity contribution is 6.36. The summed E-state index contributed by atoms with van der Waals surface area (Å²) in [5, 5.41) is 4.14. The van der Waals surface area contributed by atoms with Crippen LogP contribution >= 0.6 is 23.2 Å². The molecule has 0 saturated heterocycles. The summed E-state index contributed by atoms with van der Waals surface area (Å²) in [7, 11) is 0. The van der Waals surface area contributed by atoms with Gasteiger partial charge in [0, 0.05) is 11.4 Å². The van der Waals surface area contributed by atoms with Crippen LogP contribution in [0.3, 0.4) is 0 Å². The summed E-state index contributed by atoms with van der Waals surface area (Å²) in [6.07, 6.45) is 0.266. The van der Waals surface area contributed by atoms with Crippen LogP contribution in [0, 0.1) is 6.92 Å².